The van der Waals surface area contributed by atoms with Crippen molar-refractivity contribution in [3.63, 3.8) is 0 Å². The molecular weight excluding hydrogens is 240 g/mol. The van der Waals surface area contributed by atoms with Gasteiger partial charge in [-0.05, 0) is 30.3 Å². The van der Waals surface area contributed by atoms with Crippen LogP contribution < -0.4 is 10.1 Å². The van der Waals surface area contributed by atoms with Crippen molar-refractivity contribution in [1.29, 1.82) is 5.26 Å². The van der Waals surface area contributed by atoms with Crippen LogP contribution in [0.2, 0.25) is 0 Å². The van der Waals surface area contributed by atoms with Gasteiger partial charge in [0.2, 0.25) is 0 Å². The molecule has 4 nitrogen and oxygen atoms in total. The second kappa shape index (κ2) is 5.69. The van der Waals surface area contributed by atoms with E-state index in [1.807, 2.05) is 6.07 Å². The van der Waals surface area contributed by atoms with Crippen molar-refractivity contribution in [2.45, 2.75) is 0 Å². The summed E-state index contributed by atoms with van der Waals surface area (Å²) in [6, 6.07) is 15.7. The van der Waals surface area contributed by atoms with Gasteiger partial charge in [0.15, 0.2) is 0 Å². The molecule has 19 heavy (non-hydrogen) atoms. The second-order valence-electron chi connectivity index (χ2n) is 3.85. The molecule has 94 valence electrons. The third kappa shape index (κ3) is 2.90. The maximum absolute atomic E-state index is 12.1. The summed E-state index contributed by atoms with van der Waals surface area (Å²) >= 11 is 0. The first kappa shape index (κ1) is 12.7. The fraction of sp³-hybridized carbons (Fsp3) is 0.0667. The van der Waals surface area contributed by atoms with E-state index < -0.39 is 0 Å². The van der Waals surface area contributed by atoms with Gasteiger partial charge in [-0.25, -0.2) is 0 Å². The minimum Gasteiger partial charge on any atom is -0.496 e. The number of nitrogens with zero attached hydrogens (tertiary/aromatic N) is 1. The number of ether oxygens (including phenoxy) is 1. The molecule has 0 aliphatic heterocycles. The highest BCUT2D eigenvalue weighted by Gasteiger charge is 2.11. The molecule has 1 N–H and O–H groups in total. The smallest absolute Gasteiger partial charge is 0.259 e. The molecule has 4 heteroatoms. The Labute approximate surface area is 111 Å². The molecule has 0 bridgehead atoms. The van der Waals surface area contributed by atoms with Crippen molar-refractivity contribution in [3.05, 3.63) is 59.7 Å². The van der Waals surface area contributed by atoms with E-state index in [9.17, 15) is 4.79 Å². The zero-order valence-corrected chi connectivity index (χ0v) is 10.4. The molecule has 0 fully saturated rings. The molecule has 0 saturated carbocycles. The van der Waals surface area contributed by atoms with Crippen LogP contribution in [0.25, 0.3) is 0 Å². The highest BCUT2D eigenvalue weighted by atomic mass is 16.5. The number of para-hydroxylation sites is 1. The van der Waals surface area contributed by atoms with Crippen LogP contribution in [0.5, 0.6) is 5.75 Å². The summed E-state index contributed by atoms with van der Waals surface area (Å²) in [7, 11) is 1.52. The Balaban J connectivity index is 2.23. The fourth-order valence-corrected chi connectivity index (χ4v) is 1.70. The standard InChI is InChI=1S/C15H12N2O2/c1-19-14-8-3-2-7-13(14)15(18)17-12-6-4-5-11(9-12)10-16/h2-9H,1H3,(H,17,18). The zero-order valence-electron chi connectivity index (χ0n) is 10.4. The lowest BCUT2D eigenvalue weighted by atomic mass is 10.1. The van der Waals surface area contributed by atoms with Crippen LogP contribution in [-0.2, 0) is 0 Å². The average Bonchev–Trinajstić information content (AvgIpc) is 2.47. The number of anilines is 1. The van der Waals surface area contributed by atoms with E-state index in [4.69, 9.17) is 10.00 Å². The lowest BCUT2D eigenvalue weighted by Gasteiger charge is -2.09. The van der Waals surface area contributed by atoms with E-state index >= 15 is 0 Å². The van der Waals surface area contributed by atoms with Gasteiger partial charge in [0.1, 0.15) is 5.75 Å². The molecule has 2 aromatic rings. The topological polar surface area (TPSA) is 62.1 Å². The summed E-state index contributed by atoms with van der Waals surface area (Å²) in [5.74, 6) is 0.240. The number of amides is 1. The number of rotatable bonds is 3. The SMILES string of the molecule is COc1ccccc1C(=O)Nc1cccc(C#N)c1. The molecule has 0 atom stereocenters. The molecule has 0 aromatic heterocycles. The van der Waals surface area contributed by atoms with E-state index in [1.165, 1.54) is 7.11 Å². The molecule has 0 aliphatic rings. The van der Waals surface area contributed by atoms with Crippen LogP contribution in [0.1, 0.15) is 15.9 Å². The highest BCUT2D eigenvalue weighted by Crippen LogP contribution is 2.19. The number of methoxy groups -OCH3 is 1. The molecule has 1 amide bonds. The van der Waals surface area contributed by atoms with Crippen LogP contribution in [0.4, 0.5) is 5.69 Å². The van der Waals surface area contributed by atoms with Gasteiger partial charge in [-0.1, -0.05) is 18.2 Å². The van der Waals surface area contributed by atoms with E-state index in [0.717, 1.165) is 0 Å². The number of hydrogen-bond acceptors (Lipinski definition) is 3. The van der Waals surface area contributed by atoms with Crippen molar-refractivity contribution in [1.82, 2.24) is 0 Å². The summed E-state index contributed by atoms with van der Waals surface area (Å²) in [6.45, 7) is 0. The number of carbonyl (C=O) groups is 1. The quantitative estimate of drug-likeness (QED) is 0.913. The third-order valence-corrected chi connectivity index (χ3v) is 2.60. The summed E-state index contributed by atoms with van der Waals surface area (Å²) < 4.78 is 5.14. The molecular formula is C15H12N2O2. The van der Waals surface area contributed by atoms with Crippen LogP contribution in [-0.4, -0.2) is 13.0 Å². The number of nitrogens with one attached hydrogen (secondary N) is 1. The minimum absolute atomic E-state index is 0.271. The van der Waals surface area contributed by atoms with E-state index in [0.29, 0.717) is 22.6 Å². The lowest BCUT2D eigenvalue weighted by molar-refractivity contribution is 0.102. The monoisotopic (exact) mass is 252 g/mol. The van der Waals surface area contributed by atoms with Gasteiger partial charge >= 0.3 is 0 Å². The molecule has 2 rings (SSSR count). The Kier molecular flexibility index (Phi) is 3.79. The molecule has 0 spiro atoms. The Morgan fingerprint density at radius 2 is 2.00 bits per heavy atom. The average molecular weight is 252 g/mol. The highest BCUT2D eigenvalue weighted by molar-refractivity contribution is 6.06. The Bertz CT molecular complexity index is 645. The summed E-state index contributed by atoms with van der Waals surface area (Å²) in [6.07, 6.45) is 0. The molecule has 0 aliphatic carbocycles. The number of hydrogen-bond donors (Lipinski definition) is 1. The minimum atomic E-state index is -0.271. The maximum Gasteiger partial charge on any atom is 0.259 e. The number of nitriles is 1. The predicted molar refractivity (Wildman–Crippen MR) is 72.1 cm³/mol. The first-order valence-corrected chi connectivity index (χ1v) is 5.69. The summed E-state index contributed by atoms with van der Waals surface area (Å²) in [5, 5.41) is 11.6. The second-order valence-corrected chi connectivity index (χ2v) is 3.85. The van der Waals surface area contributed by atoms with Crippen molar-refractivity contribution in [3.8, 4) is 11.8 Å². The van der Waals surface area contributed by atoms with Gasteiger partial charge in [-0.15, -0.1) is 0 Å². The molecule has 0 unspecified atom stereocenters. The van der Waals surface area contributed by atoms with Gasteiger partial charge in [-0.3, -0.25) is 4.79 Å². The summed E-state index contributed by atoms with van der Waals surface area (Å²) in [4.78, 5) is 12.1. The molecule has 0 saturated heterocycles. The molecule has 2 aromatic carbocycles. The van der Waals surface area contributed by atoms with Crippen LogP contribution in [0.15, 0.2) is 48.5 Å². The number of benzene rings is 2. The van der Waals surface area contributed by atoms with Gasteiger partial charge < -0.3 is 10.1 Å². The van der Waals surface area contributed by atoms with Crippen LogP contribution >= 0.6 is 0 Å². The summed E-state index contributed by atoms with van der Waals surface area (Å²) in [5.41, 5.74) is 1.53. The predicted octanol–water partition coefficient (Wildman–Crippen LogP) is 2.82. The third-order valence-electron chi connectivity index (χ3n) is 2.60. The van der Waals surface area contributed by atoms with E-state index in [1.54, 1.807) is 48.5 Å². The Morgan fingerprint density at radius 3 is 2.74 bits per heavy atom. The number of carbonyl (C=O) groups excluding carboxylic acids is 1. The van der Waals surface area contributed by atoms with Crippen molar-refractivity contribution < 1.29 is 9.53 Å². The first-order chi connectivity index (χ1) is 9.24. The van der Waals surface area contributed by atoms with Crippen molar-refractivity contribution in [2.24, 2.45) is 0 Å². The van der Waals surface area contributed by atoms with Gasteiger partial charge in [0.25, 0.3) is 5.91 Å². The van der Waals surface area contributed by atoms with Gasteiger partial charge in [-0.2, -0.15) is 5.26 Å². The molecule has 0 heterocycles. The van der Waals surface area contributed by atoms with Crippen LogP contribution in [0, 0.1) is 11.3 Å². The molecule has 0 radical (unpaired) electrons. The van der Waals surface area contributed by atoms with Crippen molar-refractivity contribution in [2.75, 3.05) is 12.4 Å². The maximum atomic E-state index is 12.1. The van der Waals surface area contributed by atoms with Gasteiger partial charge in [0, 0.05) is 5.69 Å². The van der Waals surface area contributed by atoms with Gasteiger partial charge in [0.05, 0.1) is 24.3 Å². The first-order valence-electron chi connectivity index (χ1n) is 5.69. The van der Waals surface area contributed by atoms with E-state index in [-0.39, 0.29) is 5.91 Å². The van der Waals surface area contributed by atoms with E-state index in [2.05, 4.69) is 5.32 Å². The normalized spacial score (nSPS) is 9.47. The Hall–Kier alpha value is -2.80. The largest absolute Gasteiger partial charge is 0.496 e. The fourth-order valence-electron chi connectivity index (χ4n) is 1.70. The lowest BCUT2D eigenvalue weighted by Crippen LogP contribution is -2.13. The van der Waals surface area contributed by atoms with Crippen molar-refractivity contribution >= 4 is 11.6 Å². The zero-order chi connectivity index (χ0) is 13.7. The van der Waals surface area contributed by atoms with Crippen LogP contribution in [0.3, 0.4) is 0 Å². The Morgan fingerprint density at radius 1 is 1.21 bits per heavy atom.